The summed E-state index contributed by atoms with van der Waals surface area (Å²) in [5, 5.41) is 13.0. The van der Waals surface area contributed by atoms with Crippen molar-refractivity contribution in [1.29, 1.82) is 0 Å². The topological polar surface area (TPSA) is 106 Å². The molecule has 11 heteroatoms. The second kappa shape index (κ2) is 7.21. The first-order chi connectivity index (χ1) is 13.7. The van der Waals surface area contributed by atoms with Crippen LogP contribution in [0.3, 0.4) is 0 Å². The third-order valence-electron chi connectivity index (χ3n) is 5.97. The average Bonchev–Trinajstić information content (AvgIpc) is 3.20. The maximum atomic E-state index is 13.1. The van der Waals surface area contributed by atoms with Crippen LogP contribution in [-0.4, -0.2) is 67.4 Å². The summed E-state index contributed by atoms with van der Waals surface area (Å²) in [6, 6.07) is -0.287. The monoisotopic (exact) mass is 421 g/mol. The van der Waals surface area contributed by atoms with Gasteiger partial charge in [-0.3, -0.25) is 9.48 Å². The summed E-state index contributed by atoms with van der Waals surface area (Å²) >= 11 is 0. The Hall–Kier alpha value is -2.27. The van der Waals surface area contributed by atoms with Crippen LogP contribution >= 0.6 is 0 Å². The molecule has 2 aromatic heterocycles. The summed E-state index contributed by atoms with van der Waals surface area (Å²) in [6.07, 6.45) is 3.80. The van der Waals surface area contributed by atoms with Gasteiger partial charge in [-0.25, -0.2) is 8.42 Å². The number of fused-ring (bicyclic) bond motifs is 1. The van der Waals surface area contributed by atoms with Crippen molar-refractivity contribution in [3.63, 3.8) is 0 Å². The van der Waals surface area contributed by atoms with Crippen LogP contribution in [0.25, 0.3) is 0 Å². The molecule has 1 amide bonds. The number of piperidine rings is 1. The zero-order valence-electron chi connectivity index (χ0n) is 17.3. The molecular weight excluding hydrogens is 394 g/mol. The van der Waals surface area contributed by atoms with E-state index in [1.807, 2.05) is 25.5 Å². The molecule has 1 atom stereocenters. The molecule has 0 saturated carbocycles. The van der Waals surface area contributed by atoms with Crippen LogP contribution < -0.4 is 0 Å². The first-order valence-electron chi connectivity index (χ1n) is 9.86. The Labute approximate surface area is 170 Å². The van der Waals surface area contributed by atoms with Gasteiger partial charge in [0.15, 0.2) is 11.6 Å². The molecule has 2 aliphatic rings. The van der Waals surface area contributed by atoms with Crippen molar-refractivity contribution in [2.75, 3.05) is 19.3 Å². The fourth-order valence-corrected chi connectivity index (χ4v) is 5.52. The molecule has 10 nitrogen and oxygen atoms in total. The molecule has 1 saturated heterocycles. The van der Waals surface area contributed by atoms with E-state index in [0.717, 1.165) is 25.0 Å². The van der Waals surface area contributed by atoms with Crippen molar-refractivity contribution in [3.05, 3.63) is 28.6 Å². The molecule has 29 heavy (non-hydrogen) atoms. The van der Waals surface area contributed by atoms with Gasteiger partial charge < -0.3 is 9.47 Å². The van der Waals surface area contributed by atoms with Gasteiger partial charge in [-0.1, -0.05) is 6.42 Å². The molecule has 0 aliphatic carbocycles. The van der Waals surface area contributed by atoms with Gasteiger partial charge in [0.2, 0.25) is 10.0 Å². The molecule has 158 valence electrons. The van der Waals surface area contributed by atoms with Crippen molar-refractivity contribution < 1.29 is 13.2 Å². The van der Waals surface area contributed by atoms with Crippen LogP contribution in [0.15, 0.2) is 0 Å². The summed E-state index contributed by atoms with van der Waals surface area (Å²) in [7, 11) is -1.49. The number of rotatable bonds is 3. The lowest BCUT2D eigenvalue weighted by Gasteiger charge is -2.34. The third-order valence-corrected chi connectivity index (χ3v) is 7.26. The molecule has 2 aliphatic heterocycles. The number of aryl methyl sites for hydroxylation is 2. The minimum atomic E-state index is -3.32. The zero-order valence-corrected chi connectivity index (χ0v) is 18.1. The highest BCUT2D eigenvalue weighted by Crippen LogP contribution is 2.33. The standard InChI is InChI=1S/C18H27N7O3S/c1-12-16(13(2)22(3)21-12)18(26)23-9-10-24-15(11-23)19-20-17(24)14-7-5-6-8-25(14)29(4,27)28/h14H,5-11H2,1-4H3. The Morgan fingerprint density at radius 3 is 2.52 bits per heavy atom. The summed E-state index contributed by atoms with van der Waals surface area (Å²) in [6.45, 7) is 5.67. The lowest BCUT2D eigenvalue weighted by atomic mass is 10.0. The van der Waals surface area contributed by atoms with Gasteiger partial charge >= 0.3 is 0 Å². The number of carbonyl (C=O) groups excluding carboxylic acids is 1. The Bertz CT molecular complexity index is 1060. The quantitative estimate of drug-likeness (QED) is 0.725. The molecule has 4 heterocycles. The van der Waals surface area contributed by atoms with E-state index in [-0.39, 0.29) is 11.9 Å². The van der Waals surface area contributed by atoms with E-state index in [9.17, 15) is 13.2 Å². The Balaban J connectivity index is 1.60. The summed E-state index contributed by atoms with van der Waals surface area (Å²) in [4.78, 5) is 14.8. The largest absolute Gasteiger partial charge is 0.329 e. The van der Waals surface area contributed by atoms with E-state index in [1.54, 1.807) is 9.58 Å². The van der Waals surface area contributed by atoms with Gasteiger partial charge in [0, 0.05) is 32.4 Å². The Morgan fingerprint density at radius 2 is 1.86 bits per heavy atom. The molecule has 0 spiro atoms. The first kappa shape index (κ1) is 20.0. The summed E-state index contributed by atoms with van der Waals surface area (Å²) in [5.41, 5.74) is 2.19. The predicted octanol–water partition coefficient (Wildman–Crippen LogP) is 0.771. The smallest absolute Gasteiger partial charge is 0.258 e. The number of carbonyl (C=O) groups is 1. The second-order valence-corrected chi connectivity index (χ2v) is 9.84. The van der Waals surface area contributed by atoms with Crippen molar-refractivity contribution in [3.8, 4) is 0 Å². The lowest BCUT2D eigenvalue weighted by Crippen LogP contribution is -2.42. The van der Waals surface area contributed by atoms with Crippen LogP contribution in [0.1, 0.15) is 58.7 Å². The number of hydrogen-bond acceptors (Lipinski definition) is 6. The van der Waals surface area contributed by atoms with Crippen LogP contribution in [0.4, 0.5) is 0 Å². The van der Waals surface area contributed by atoms with Crippen LogP contribution in [0.5, 0.6) is 0 Å². The van der Waals surface area contributed by atoms with Gasteiger partial charge in [0.05, 0.1) is 30.1 Å². The molecule has 2 aromatic rings. The van der Waals surface area contributed by atoms with Crippen LogP contribution in [0.2, 0.25) is 0 Å². The van der Waals surface area contributed by atoms with E-state index in [1.165, 1.54) is 10.6 Å². The highest BCUT2D eigenvalue weighted by Gasteiger charge is 2.36. The van der Waals surface area contributed by atoms with Crippen molar-refractivity contribution in [1.82, 2.24) is 33.8 Å². The molecule has 1 fully saturated rings. The van der Waals surface area contributed by atoms with Crippen molar-refractivity contribution in [2.24, 2.45) is 7.05 Å². The van der Waals surface area contributed by atoms with Crippen molar-refractivity contribution in [2.45, 2.75) is 52.2 Å². The van der Waals surface area contributed by atoms with E-state index < -0.39 is 10.0 Å². The molecule has 1 unspecified atom stereocenters. The van der Waals surface area contributed by atoms with E-state index in [4.69, 9.17) is 0 Å². The SMILES string of the molecule is Cc1nn(C)c(C)c1C(=O)N1CCn2c(nnc2C2CCCCN2S(C)(=O)=O)C1. The van der Waals surface area contributed by atoms with Crippen molar-refractivity contribution >= 4 is 15.9 Å². The number of hydrogen-bond donors (Lipinski definition) is 0. The van der Waals surface area contributed by atoms with E-state index in [2.05, 4.69) is 15.3 Å². The molecule has 0 bridgehead atoms. The number of sulfonamides is 1. The minimum Gasteiger partial charge on any atom is -0.329 e. The third kappa shape index (κ3) is 3.46. The highest BCUT2D eigenvalue weighted by atomic mass is 32.2. The number of amides is 1. The van der Waals surface area contributed by atoms with E-state index >= 15 is 0 Å². The molecule has 0 N–H and O–H groups in total. The van der Waals surface area contributed by atoms with Gasteiger partial charge in [-0.2, -0.15) is 9.40 Å². The van der Waals surface area contributed by atoms with Crippen LogP contribution in [-0.2, 0) is 30.2 Å². The maximum absolute atomic E-state index is 13.1. The Morgan fingerprint density at radius 1 is 1.10 bits per heavy atom. The fourth-order valence-electron chi connectivity index (χ4n) is 4.40. The summed E-state index contributed by atoms with van der Waals surface area (Å²) < 4.78 is 29.7. The lowest BCUT2D eigenvalue weighted by molar-refractivity contribution is 0.0703. The van der Waals surface area contributed by atoms with Gasteiger partial charge in [0.25, 0.3) is 5.91 Å². The van der Waals surface area contributed by atoms with Gasteiger partial charge in [-0.05, 0) is 26.7 Å². The Kier molecular flexibility index (Phi) is 4.97. The molecule has 0 aromatic carbocycles. The fraction of sp³-hybridized carbons (Fsp3) is 0.667. The van der Waals surface area contributed by atoms with Crippen LogP contribution in [0, 0.1) is 13.8 Å². The molecule has 0 radical (unpaired) electrons. The minimum absolute atomic E-state index is 0.0562. The van der Waals surface area contributed by atoms with E-state index in [0.29, 0.717) is 49.1 Å². The average molecular weight is 422 g/mol. The molecular formula is C18H27N7O3S. The summed E-state index contributed by atoms with van der Waals surface area (Å²) in [5.74, 6) is 1.32. The number of aromatic nitrogens is 5. The van der Waals surface area contributed by atoms with Gasteiger partial charge in [0.1, 0.15) is 0 Å². The predicted molar refractivity (Wildman–Crippen MR) is 106 cm³/mol. The van der Waals surface area contributed by atoms with Gasteiger partial charge in [-0.15, -0.1) is 10.2 Å². The second-order valence-electron chi connectivity index (χ2n) is 7.91. The zero-order chi connectivity index (χ0) is 20.9. The number of nitrogens with zero attached hydrogens (tertiary/aromatic N) is 7. The first-order valence-corrected chi connectivity index (χ1v) is 11.7. The molecule has 4 rings (SSSR count). The normalized spacial score (nSPS) is 20.7. The maximum Gasteiger partial charge on any atom is 0.258 e. The highest BCUT2D eigenvalue weighted by molar-refractivity contribution is 7.88.